The van der Waals surface area contributed by atoms with Gasteiger partial charge in [-0.25, -0.2) is 4.79 Å². The van der Waals surface area contributed by atoms with Crippen molar-refractivity contribution in [3.05, 3.63) is 20.8 Å². The molecule has 2 aromatic rings. The Morgan fingerprint density at radius 3 is 2.69 bits per heavy atom. The van der Waals surface area contributed by atoms with E-state index in [1.807, 2.05) is 0 Å². The average molecular weight is 225 g/mol. The van der Waals surface area contributed by atoms with Crippen LogP contribution in [0, 0.1) is 0 Å². The molecule has 0 fully saturated rings. The van der Waals surface area contributed by atoms with Gasteiger partial charge in [-0.15, -0.1) is 10.2 Å². The maximum atomic E-state index is 11.9. The number of hydrogen-bond donors (Lipinski definition) is 2. The number of nitrogens with zero attached hydrogens (tertiary/aromatic N) is 4. The maximum Gasteiger partial charge on any atom is 0.332 e. The van der Waals surface area contributed by atoms with E-state index in [4.69, 9.17) is 5.11 Å². The molecule has 0 amide bonds. The second-order valence-electron chi connectivity index (χ2n) is 3.20. The lowest BCUT2D eigenvalue weighted by Gasteiger charge is -2.07. The lowest BCUT2D eigenvalue weighted by Crippen LogP contribution is -2.40. The van der Waals surface area contributed by atoms with Crippen LogP contribution < -0.4 is 11.2 Å². The van der Waals surface area contributed by atoms with Crippen LogP contribution >= 0.6 is 0 Å². The van der Waals surface area contributed by atoms with Crippen LogP contribution in [0.1, 0.15) is 6.92 Å². The van der Waals surface area contributed by atoms with Gasteiger partial charge >= 0.3 is 5.69 Å². The summed E-state index contributed by atoms with van der Waals surface area (Å²) in [5.74, 6) is 0. The summed E-state index contributed by atoms with van der Waals surface area (Å²) < 4.78 is 2.28. The molecule has 2 heterocycles. The minimum Gasteiger partial charge on any atom is -0.395 e. The molecule has 0 aromatic carbocycles. The van der Waals surface area contributed by atoms with Crippen molar-refractivity contribution in [1.82, 2.24) is 24.5 Å². The zero-order valence-electron chi connectivity index (χ0n) is 8.67. The van der Waals surface area contributed by atoms with Gasteiger partial charge in [-0.3, -0.25) is 13.9 Å². The van der Waals surface area contributed by atoms with Crippen LogP contribution in [-0.2, 0) is 13.1 Å². The van der Waals surface area contributed by atoms with E-state index in [0.717, 1.165) is 4.57 Å². The number of aliphatic hydroxyl groups is 1. The Kier molecular flexibility index (Phi) is 2.57. The molecule has 2 rings (SSSR count). The highest BCUT2D eigenvalue weighted by Crippen LogP contribution is 1.98. The molecule has 0 aliphatic carbocycles. The van der Waals surface area contributed by atoms with Crippen LogP contribution in [0.15, 0.2) is 9.59 Å². The molecule has 8 heteroatoms. The highest BCUT2D eigenvalue weighted by molar-refractivity contribution is 5.67. The first-order chi connectivity index (χ1) is 7.70. The highest BCUT2D eigenvalue weighted by Gasteiger charge is 2.14. The molecule has 0 saturated carbocycles. The number of aliphatic hydroxyl groups excluding tert-OH is 1. The van der Waals surface area contributed by atoms with E-state index < -0.39 is 11.2 Å². The fraction of sp³-hybridized carbons (Fsp3) is 0.500. The Morgan fingerprint density at radius 1 is 1.31 bits per heavy atom. The fourth-order valence-corrected chi connectivity index (χ4v) is 1.59. The average Bonchev–Trinajstić information content (AvgIpc) is 2.74. The van der Waals surface area contributed by atoms with Crippen molar-refractivity contribution in [2.45, 2.75) is 20.0 Å². The van der Waals surface area contributed by atoms with E-state index in [1.54, 1.807) is 6.92 Å². The summed E-state index contributed by atoms with van der Waals surface area (Å²) in [6.07, 6.45) is 0. The van der Waals surface area contributed by atoms with Crippen molar-refractivity contribution >= 4 is 11.2 Å². The molecule has 0 aliphatic rings. The standard InChI is InChI=1S/C8H11N5O3/c1-2-12-7(15)5-6(10-11-9-5)13(3-4-14)8(12)16/h14H,2-4H2,1H3,(H,9,10,11). The SMILES string of the molecule is CCn1c(=O)c2n[nH]nc2n(CCO)c1=O. The molecule has 0 atom stereocenters. The predicted molar refractivity (Wildman–Crippen MR) is 55.2 cm³/mol. The van der Waals surface area contributed by atoms with Crippen molar-refractivity contribution in [1.29, 1.82) is 0 Å². The Hall–Kier alpha value is -1.96. The van der Waals surface area contributed by atoms with Crippen molar-refractivity contribution in [2.75, 3.05) is 6.61 Å². The lowest BCUT2D eigenvalue weighted by molar-refractivity contribution is 0.273. The van der Waals surface area contributed by atoms with Crippen LogP contribution in [-0.4, -0.2) is 36.3 Å². The van der Waals surface area contributed by atoms with Crippen LogP contribution in [0.25, 0.3) is 11.2 Å². The first-order valence-electron chi connectivity index (χ1n) is 4.85. The molecule has 0 bridgehead atoms. The van der Waals surface area contributed by atoms with Crippen molar-refractivity contribution in [3.63, 3.8) is 0 Å². The molecule has 0 aliphatic heterocycles. The highest BCUT2D eigenvalue weighted by atomic mass is 16.3. The number of H-pyrrole nitrogens is 1. The van der Waals surface area contributed by atoms with Gasteiger partial charge in [-0.2, -0.15) is 5.21 Å². The number of fused-ring (bicyclic) bond motifs is 1. The summed E-state index contributed by atoms with van der Waals surface area (Å²) in [5, 5.41) is 18.6. The number of rotatable bonds is 3. The molecule has 8 nitrogen and oxygen atoms in total. The molecule has 16 heavy (non-hydrogen) atoms. The fourth-order valence-electron chi connectivity index (χ4n) is 1.59. The van der Waals surface area contributed by atoms with Crippen LogP contribution in [0.3, 0.4) is 0 Å². The molecule has 0 saturated heterocycles. The van der Waals surface area contributed by atoms with Gasteiger partial charge in [0.15, 0.2) is 11.2 Å². The quantitative estimate of drug-likeness (QED) is 0.647. The molecular formula is C8H11N5O3. The normalized spacial score (nSPS) is 11.1. The topological polar surface area (TPSA) is 106 Å². The molecular weight excluding hydrogens is 214 g/mol. The summed E-state index contributed by atoms with van der Waals surface area (Å²) >= 11 is 0. The van der Waals surface area contributed by atoms with E-state index in [2.05, 4.69) is 15.4 Å². The largest absolute Gasteiger partial charge is 0.395 e. The third kappa shape index (κ3) is 1.34. The Bertz CT molecular complexity index is 623. The minimum atomic E-state index is -0.483. The van der Waals surface area contributed by atoms with E-state index in [-0.39, 0.29) is 30.9 Å². The van der Waals surface area contributed by atoms with Gasteiger partial charge < -0.3 is 5.11 Å². The smallest absolute Gasteiger partial charge is 0.332 e. The van der Waals surface area contributed by atoms with E-state index in [0.29, 0.717) is 0 Å². The Morgan fingerprint density at radius 2 is 2.06 bits per heavy atom. The first kappa shape index (κ1) is 10.6. The molecule has 86 valence electrons. The zero-order chi connectivity index (χ0) is 11.7. The molecule has 2 aromatic heterocycles. The van der Waals surface area contributed by atoms with Crippen LogP contribution in [0.2, 0.25) is 0 Å². The third-order valence-electron chi connectivity index (χ3n) is 2.33. The Balaban J connectivity index is 2.92. The Labute approximate surface area is 89.1 Å². The van der Waals surface area contributed by atoms with Crippen molar-refractivity contribution in [2.24, 2.45) is 0 Å². The van der Waals surface area contributed by atoms with Crippen LogP contribution in [0.4, 0.5) is 0 Å². The molecule has 0 radical (unpaired) electrons. The molecule has 0 unspecified atom stereocenters. The summed E-state index contributed by atoms with van der Waals surface area (Å²) in [5.41, 5.74) is -0.669. The third-order valence-corrected chi connectivity index (χ3v) is 2.33. The first-order valence-corrected chi connectivity index (χ1v) is 4.85. The molecule has 0 spiro atoms. The second kappa shape index (κ2) is 3.89. The van der Waals surface area contributed by atoms with Crippen molar-refractivity contribution in [3.8, 4) is 0 Å². The van der Waals surface area contributed by atoms with Gasteiger partial charge in [0.2, 0.25) is 0 Å². The summed E-state index contributed by atoms with van der Waals surface area (Å²) in [6, 6.07) is 0. The van der Waals surface area contributed by atoms with Gasteiger partial charge in [-0.05, 0) is 6.92 Å². The van der Waals surface area contributed by atoms with Crippen molar-refractivity contribution < 1.29 is 5.11 Å². The van der Waals surface area contributed by atoms with Gasteiger partial charge in [0.25, 0.3) is 5.56 Å². The number of nitrogens with one attached hydrogen (secondary N) is 1. The minimum absolute atomic E-state index is 0.0855. The van der Waals surface area contributed by atoms with E-state index >= 15 is 0 Å². The summed E-state index contributed by atoms with van der Waals surface area (Å²) in [6.45, 7) is 1.83. The van der Waals surface area contributed by atoms with Gasteiger partial charge in [0.05, 0.1) is 13.2 Å². The molecule has 2 N–H and O–H groups in total. The lowest BCUT2D eigenvalue weighted by atomic mass is 10.5. The summed E-state index contributed by atoms with van der Waals surface area (Å²) in [4.78, 5) is 23.6. The second-order valence-corrected chi connectivity index (χ2v) is 3.20. The number of hydrogen-bond acceptors (Lipinski definition) is 5. The van der Waals surface area contributed by atoms with Gasteiger partial charge in [-0.1, -0.05) is 0 Å². The van der Waals surface area contributed by atoms with Gasteiger partial charge in [0, 0.05) is 6.54 Å². The van der Waals surface area contributed by atoms with Gasteiger partial charge in [0.1, 0.15) is 0 Å². The van der Waals surface area contributed by atoms with E-state index in [9.17, 15) is 9.59 Å². The number of aromatic nitrogens is 5. The van der Waals surface area contributed by atoms with E-state index in [1.165, 1.54) is 4.57 Å². The maximum absolute atomic E-state index is 11.9. The summed E-state index contributed by atoms with van der Waals surface area (Å²) in [7, 11) is 0. The zero-order valence-corrected chi connectivity index (χ0v) is 8.67. The van der Waals surface area contributed by atoms with Crippen LogP contribution in [0.5, 0.6) is 0 Å². The monoisotopic (exact) mass is 225 g/mol. The predicted octanol–water partition coefficient (Wildman–Crippen LogP) is -1.71. The number of aromatic amines is 1.